The van der Waals surface area contributed by atoms with Crippen LogP contribution in [0.25, 0.3) is 0 Å². The smallest absolute Gasteiger partial charge is 0.124 e. The number of hydrogen-bond donors (Lipinski definition) is 1. The van der Waals surface area contributed by atoms with Crippen LogP contribution >= 0.6 is 15.9 Å². The Labute approximate surface area is 189 Å². The van der Waals surface area contributed by atoms with E-state index in [9.17, 15) is 0 Å². The molecular weight excluding hydrogens is 434 g/mol. The van der Waals surface area contributed by atoms with Gasteiger partial charge in [-0.15, -0.1) is 0 Å². The van der Waals surface area contributed by atoms with Crippen molar-refractivity contribution in [2.24, 2.45) is 16.7 Å². The largest absolute Gasteiger partial charge is 0.489 e. The molecule has 0 spiro atoms. The van der Waals surface area contributed by atoms with Gasteiger partial charge in [-0.05, 0) is 86.0 Å². The van der Waals surface area contributed by atoms with Crippen molar-refractivity contribution in [2.75, 3.05) is 0 Å². The van der Waals surface area contributed by atoms with Gasteiger partial charge in [-0.2, -0.15) is 0 Å². The lowest BCUT2D eigenvalue weighted by Crippen LogP contribution is -2.63. The summed E-state index contributed by atoms with van der Waals surface area (Å²) in [5.41, 5.74) is 5.12. The van der Waals surface area contributed by atoms with Crippen molar-refractivity contribution in [1.82, 2.24) is 5.32 Å². The monoisotopic (exact) mass is 467 g/mol. The van der Waals surface area contributed by atoms with Crippen LogP contribution in [0.15, 0.2) is 46.9 Å². The van der Waals surface area contributed by atoms with E-state index in [1.54, 1.807) is 0 Å². The first-order valence-corrected chi connectivity index (χ1v) is 12.3. The second-order valence-electron chi connectivity index (χ2n) is 11.3. The molecule has 0 aliphatic heterocycles. The van der Waals surface area contributed by atoms with Crippen LogP contribution in [0.1, 0.15) is 69.1 Å². The Morgan fingerprint density at radius 1 is 1.00 bits per heavy atom. The van der Waals surface area contributed by atoms with Crippen LogP contribution in [-0.2, 0) is 13.2 Å². The molecule has 160 valence electrons. The lowest BCUT2D eigenvalue weighted by atomic mass is 9.43. The van der Waals surface area contributed by atoms with Gasteiger partial charge in [0.25, 0.3) is 0 Å². The molecule has 2 aromatic rings. The van der Waals surface area contributed by atoms with Crippen molar-refractivity contribution in [3.05, 3.63) is 63.6 Å². The van der Waals surface area contributed by atoms with Crippen LogP contribution in [0.4, 0.5) is 0 Å². The number of ether oxygens (including phenoxy) is 1. The van der Waals surface area contributed by atoms with Gasteiger partial charge in [0.1, 0.15) is 12.4 Å². The number of halogens is 1. The van der Waals surface area contributed by atoms with Crippen molar-refractivity contribution in [2.45, 2.75) is 78.0 Å². The number of benzene rings is 2. The third-order valence-electron chi connectivity index (χ3n) is 7.78. The standard InChI is InChI=1S/C27H34BrNO/c1-19-5-4-6-20(9-19)15-30-24-8-7-23(28)10-22(24)14-29-27-13-21-11-25(2,17-27)16-26(3,12-21)18-27/h4-10,21,29H,11-18H2,1-3H3/t21?,25-,26+,27?. The molecule has 0 aromatic heterocycles. The molecule has 4 saturated carbocycles. The Hall–Kier alpha value is -1.32. The van der Waals surface area contributed by atoms with Crippen molar-refractivity contribution < 1.29 is 4.74 Å². The van der Waals surface area contributed by atoms with Gasteiger partial charge < -0.3 is 10.1 Å². The molecule has 4 fully saturated rings. The molecule has 0 heterocycles. The maximum absolute atomic E-state index is 6.28. The van der Waals surface area contributed by atoms with Crippen LogP contribution < -0.4 is 10.1 Å². The highest BCUT2D eigenvalue weighted by molar-refractivity contribution is 9.10. The highest BCUT2D eigenvalue weighted by Gasteiger charge is 2.59. The van der Waals surface area contributed by atoms with E-state index < -0.39 is 0 Å². The lowest BCUT2D eigenvalue weighted by molar-refractivity contribution is -0.118. The minimum atomic E-state index is 0.305. The molecule has 1 N–H and O–H groups in total. The molecular formula is C27H34BrNO. The molecule has 4 aliphatic carbocycles. The molecule has 3 heteroatoms. The Morgan fingerprint density at radius 3 is 2.47 bits per heavy atom. The summed E-state index contributed by atoms with van der Waals surface area (Å²) in [4.78, 5) is 0. The predicted octanol–water partition coefficient (Wildman–Crippen LogP) is 7.18. The molecule has 6 rings (SSSR count). The van der Waals surface area contributed by atoms with Gasteiger partial charge in [0.15, 0.2) is 0 Å². The van der Waals surface area contributed by atoms with Gasteiger partial charge in [0, 0.05) is 22.1 Å². The first-order chi connectivity index (χ1) is 14.2. The minimum absolute atomic E-state index is 0.305. The van der Waals surface area contributed by atoms with Gasteiger partial charge in [-0.3, -0.25) is 0 Å². The third kappa shape index (κ3) is 4.08. The summed E-state index contributed by atoms with van der Waals surface area (Å²) in [6, 6.07) is 15.0. The fourth-order valence-corrected chi connectivity index (χ4v) is 8.13. The van der Waals surface area contributed by atoms with E-state index in [0.29, 0.717) is 23.0 Å². The highest BCUT2D eigenvalue weighted by Crippen LogP contribution is 2.66. The second-order valence-corrected chi connectivity index (χ2v) is 12.2. The van der Waals surface area contributed by atoms with Crippen LogP contribution in [0.2, 0.25) is 0 Å². The number of hydrogen-bond acceptors (Lipinski definition) is 2. The lowest BCUT2D eigenvalue weighted by Gasteiger charge is -2.65. The normalized spacial score (nSPS) is 34.3. The van der Waals surface area contributed by atoms with Crippen LogP contribution in [0.5, 0.6) is 5.75 Å². The Bertz CT molecular complexity index is 936. The van der Waals surface area contributed by atoms with Gasteiger partial charge in [-0.1, -0.05) is 59.6 Å². The van der Waals surface area contributed by atoms with E-state index in [2.05, 4.69) is 84.5 Å². The fraction of sp³-hybridized carbons (Fsp3) is 0.556. The zero-order valence-corrected chi connectivity index (χ0v) is 20.1. The number of nitrogens with one attached hydrogen (secondary N) is 1. The van der Waals surface area contributed by atoms with E-state index in [1.807, 2.05) is 0 Å². The van der Waals surface area contributed by atoms with Crippen molar-refractivity contribution in [3.63, 3.8) is 0 Å². The summed E-state index contributed by atoms with van der Waals surface area (Å²) in [5.74, 6) is 1.90. The average molecular weight is 468 g/mol. The number of rotatable bonds is 6. The summed E-state index contributed by atoms with van der Waals surface area (Å²) >= 11 is 3.67. The summed E-state index contributed by atoms with van der Waals surface area (Å²) < 4.78 is 7.40. The highest BCUT2D eigenvalue weighted by atomic mass is 79.9. The predicted molar refractivity (Wildman–Crippen MR) is 127 cm³/mol. The summed E-state index contributed by atoms with van der Waals surface area (Å²) in [6.45, 7) is 8.70. The fourth-order valence-electron chi connectivity index (χ4n) is 7.72. The maximum atomic E-state index is 6.28. The molecule has 0 radical (unpaired) electrons. The summed E-state index contributed by atoms with van der Waals surface area (Å²) in [6.07, 6.45) is 8.31. The molecule has 4 aliphatic rings. The second kappa shape index (κ2) is 7.38. The first kappa shape index (κ1) is 20.6. The Kier molecular flexibility index (Phi) is 5.06. The van der Waals surface area contributed by atoms with Crippen LogP contribution in [0, 0.1) is 23.7 Å². The van der Waals surface area contributed by atoms with Gasteiger partial charge in [-0.25, -0.2) is 0 Å². The van der Waals surface area contributed by atoms with Crippen molar-refractivity contribution in [1.29, 1.82) is 0 Å². The Morgan fingerprint density at radius 2 is 1.77 bits per heavy atom. The van der Waals surface area contributed by atoms with E-state index in [-0.39, 0.29) is 0 Å². The molecule has 2 nitrogen and oxygen atoms in total. The number of aryl methyl sites for hydroxylation is 1. The van der Waals surface area contributed by atoms with E-state index in [1.165, 1.54) is 55.2 Å². The molecule has 4 bridgehead atoms. The Balaban J connectivity index is 1.32. The van der Waals surface area contributed by atoms with Gasteiger partial charge in [0.2, 0.25) is 0 Å². The first-order valence-electron chi connectivity index (χ1n) is 11.5. The molecule has 2 unspecified atom stereocenters. The topological polar surface area (TPSA) is 21.3 Å². The summed E-state index contributed by atoms with van der Waals surface area (Å²) in [7, 11) is 0. The third-order valence-corrected chi connectivity index (χ3v) is 8.27. The summed E-state index contributed by atoms with van der Waals surface area (Å²) in [5, 5.41) is 4.07. The van der Waals surface area contributed by atoms with Gasteiger partial charge >= 0.3 is 0 Å². The van der Waals surface area contributed by atoms with Crippen molar-refractivity contribution in [3.8, 4) is 5.75 Å². The molecule has 2 aromatic carbocycles. The SMILES string of the molecule is Cc1cccc(COc2ccc(Br)cc2CNC23CC4C[C@@](C)(C2)C[C@](C)(C4)C3)c1. The van der Waals surface area contributed by atoms with E-state index >= 15 is 0 Å². The van der Waals surface area contributed by atoms with Crippen LogP contribution in [-0.4, -0.2) is 5.54 Å². The molecule has 30 heavy (non-hydrogen) atoms. The zero-order valence-electron chi connectivity index (χ0n) is 18.6. The quantitative estimate of drug-likeness (QED) is 0.485. The maximum Gasteiger partial charge on any atom is 0.124 e. The van der Waals surface area contributed by atoms with Gasteiger partial charge in [0.05, 0.1) is 0 Å². The minimum Gasteiger partial charge on any atom is -0.489 e. The van der Waals surface area contributed by atoms with E-state index in [4.69, 9.17) is 4.74 Å². The molecule has 0 saturated heterocycles. The van der Waals surface area contributed by atoms with Crippen molar-refractivity contribution >= 4 is 15.9 Å². The zero-order chi connectivity index (χ0) is 21.0. The van der Waals surface area contributed by atoms with E-state index in [0.717, 1.165) is 22.7 Å². The molecule has 0 amide bonds. The average Bonchev–Trinajstić information content (AvgIpc) is 2.63. The van der Waals surface area contributed by atoms with Crippen LogP contribution in [0.3, 0.4) is 0 Å². The molecule has 4 atom stereocenters.